The molecule has 0 saturated carbocycles. The SMILES string of the molecule is CNC(=O)CN1CCC(NCc2cc(OC)ccc2OCc2ccccn2)CC1. The molecule has 1 amide bonds. The molecule has 2 N–H and O–H groups in total. The molecular weight excluding hydrogens is 368 g/mol. The third kappa shape index (κ3) is 6.44. The van der Waals surface area contributed by atoms with Gasteiger partial charge >= 0.3 is 0 Å². The highest BCUT2D eigenvalue weighted by molar-refractivity contribution is 5.77. The number of hydrogen-bond donors (Lipinski definition) is 2. The average molecular weight is 399 g/mol. The summed E-state index contributed by atoms with van der Waals surface area (Å²) in [5.41, 5.74) is 1.96. The van der Waals surface area contributed by atoms with Crippen molar-refractivity contribution < 1.29 is 14.3 Å². The zero-order valence-electron chi connectivity index (χ0n) is 17.2. The van der Waals surface area contributed by atoms with Crippen molar-refractivity contribution in [2.24, 2.45) is 0 Å². The lowest BCUT2D eigenvalue weighted by Gasteiger charge is -2.32. The number of carbonyl (C=O) groups excluding carboxylic acids is 1. The second kappa shape index (κ2) is 10.8. The van der Waals surface area contributed by atoms with Crippen molar-refractivity contribution in [3.63, 3.8) is 0 Å². The molecule has 1 aliphatic heterocycles. The van der Waals surface area contributed by atoms with Crippen LogP contribution in [0, 0.1) is 0 Å². The number of nitrogens with zero attached hydrogens (tertiary/aromatic N) is 2. The number of carbonyl (C=O) groups is 1. The van der Waals surface area contributed by atoms with Gasteiger partial charge in [-0.2, -0.15) is 0 Å². The van der Waals surface area contributed by atoms with Crippen molar-refractivity contribution in [2.75, 3.05) is 33.8 Å². The molecule has 1 aliphatic rings. The molecule has 3 rings (SSSR count). The van der Waals surface area contributed by atoms with Crippen LogP contribution in [-0.2, 0) is 17.9 Å². The monoisotopic (exact) mass is 398 g/mol. The molecule has 29 heavy (non-hydrogen) atoms. The Balaban J connectivity index is 1.54. The lowest BCUT2D eigenvalue weighted by atomic mass is 10.0. The molecule has 156 valence electrons. The summed E-state index contributed by atoms with van der Waals surface area (Å²) in [4.78, 5) is 18.0. The maximum atomic E-state index is 11.5. The normalized spacial score (nSPS) is 15.1. The molecular formula is C22H30N4O3. The Labute approximate surface area is 172 Å². The molecule has 2 heterocycles. The Bertz CT molecular complexity index is 777. The standard InChI is InChI=1S/C22H30N4O3/c1-23-22(27)15-26-11-8-18(9-12-26)25-14-17-13-20(28-2)6-7-21(17)29-16-19-5-3-4-10-24-19/h3-7,10,13,18,25H,8-9,11-12,14-16H2,1-2H3,(H,23,27). The van der Waals surface area contributed by atoms with Gasteiger partial charge in [0, 0.05) is 44.5 Å². The first-order valence-corrected chi connectivity index (χ1v) is 10.0. The van der Waals surface area contributed by atoms with Gasteiger partial charge in [-0.05, 0) is 43.2 Å². The zero-order chi connectivity index (χ0) is 20.5. The van der Waals surface area contributed by atoms with E-state index in [0.29, 0.717) is 25.7 Å². The molecule has 7 nitrogen and oxygen atoms in total. The van der Waals surface area contributed by atoms with Crippen LogP contribution in [0.25, 0.3) is 0 Å². The number of methoxy groups -OCH3 is 1. The smallest absolute Gasteiger partial charge is 0.233 e. The van der Waals surface area contributed by atoms with E-state index >= 15 is 0 Å². The van der Waals surface area contributed by atoms with Gasteiger partial charge < -0.3 is 20.1 Å². The average Bonchev–Trinajstić information content (AvgIpc) is 2.78. The minimum atomic E-state index is 0.0717. The van der Waals surface area contributed by atoms with Crippen LogP contribution in [0.2, 0.25) is 0 Å². The van der Waals surface area contributed by atoms with Gasteiger partial charge in [-0.3, -0.25) is 14.7 Å². The first-order valence-electron chi connectivity index (χ1n) is 10.0. The number of rotatable bonds is 9. The van der Waals surface area contributed by atoms with Crippen molar-refractivity contribution in [1.29, 1.82) is 0 Å². The number of amides is 1. The van der Waals surface area contributed by atoms with E-state index in [0.717, 1.165) is 48.7 Å². The third-order valence-electron chi connectivity index (χ3n) is 5.18. The van der Waals surface area contributed by atoms with Crippen LogP contribution in [0.1, 0.15) is 24.1 Å². The lowest BCUT2D eigenvalue weighted by molar-refractivity contribution is -0.122. The summed E-state index contributed by atoms with van der Waals surface area (Å²) < 4.78 is 11.4. The lowest BCUT2D eigenvalue weighted by Crippen LogP contribution is -2.45. The highest BCUT2D eigenvalue weighted by Gasteiger charge is 2.20. The first-order chi connectivity index (χ1) is 14.2. The Morgan fingerprint density at radius 2 is 2.07 bits per heavy atom. The molecule has 0 bridgehead atoms. The van der Waals surface area contributed by atoms with Gasteiger partial charge in [0.1, 0.15) is 18.1 Å². The fourth-order valence-electron chi connectivity index (χ4n) is 3.43. The quantitative estimate of drug-likeness (QED) is 0.673. The molecule has 1 saturated heterocycles. The van der Waals surface area contributed by atoms with Crippen LogP contribution in [0.15, 0.2) is 42.6 Å². The number of aromatic nitrogens is 1. The van der Waals surface area contributed by atoms with Crippen LogP contribution in [0.3, 0.4) is 0 Å². The second-order valence-corrected chi connectivity index (χ2v) is 7.19. The summed E-state index contributed by atoms with van der Waals surface area (Å²) in [7, 11) is 3.35. The van der Waals surface area contributed by atoms with Gasteiger partial charge in [0.2, 0.25) is 5.91 Å². The van der Waals surface area contributed by atoms with Gasteiger partial charge in [0.05, 0.1) is 19.3 Å². The molecule has 0 atom stereocenters. The number of benzene rings is 1. The van der Waals surface area contributed by atoms with Crippen LogP contribution < -0.4 is 20.1 Å². The van der Waals surface area contributed by atoms with Crippen LogP contribution in [0.5, 0.6) is 11.5 Å². The van der Waals surface area contributed by atoms with Crippen molar-refractivity contribution >= 4 is 5.91 Å². The van der Waals surface area contributed by atoms with Crippen LogP contribution >= 0.6 is 0 Å². The van der Waals surface area contributed by atoms with E-state index in [4.69, 9.17) is 9.47 Å². The van der Waals surface area contributed by atoms with E-state index < -0.39 is 0 Å². The van der Waals surface area contributed by atoms with Gasteiger partial charge in [-0.1, -0.05) is 6.07 Å². The van der Waals surface area contributed by atoms with E-state index in [1.165, 1.54) is 0 Å². The van der Waals surface area contributed by atoms with Crippen LogP contribution in [-0.4, -0.2) is 55.6 Å². The Morgan fingerprint density at radius 1 is 1.24 bits per heavy atom. The minimum Gasteiger partial charge on any atom is -0.497 e. The van der Waals surface area contributed by atoms with E-state index in [2.05, 4.69) is 20.5 Å². The molecule has 0 radical (unpaired) electrons. The number of piperidine rings is 1. The molecule has 1 aromatic heterocycles. The molecule has 0 spiro atoms. The number of likely N-dealkylation sites (N-methyl/N-ethyl adjacent to an activating group) is 1. The van der Waals surface area contributed by atoms with Crippen molar-refractivity contribution in [3.8, 4) is 11.5 Å². The highest BCUT2D eigenvalue weighted by Crippen LogP contribution is 2.25. The van der Waals surface area contributed by atoms with Gasteiger partial charge in [-0.25, -0.2) is 0 Å². The fourth-order valence-corrected chi connectivity index (χ4v) is 3.43. The Hall–Kier alpha value is -2.64. The Morgan fingerprint density at radius 3 is 2.76 bits per heavy atom. The van der Waals surface area contributed by atoms with Crippen molar-refractivity contribution in [2.45, 2.75) is 32.0 Å². The topological polar surface area (TPSA) is 75.7 Å². The highest BCUT2D eigenvalue weighted by atomic mass is 16.5. The van der Waals surface area contributed by atoms with Gasteiger partial charge in [0.25, 0.3) is 0 Å². The summed E-state index contributed by atoms with van der Waals surface area (Å²) in [6.45, 7) is 3.45. The summed E-state index contributed by atoms with van der Waals surface area (Å²) in [5, 5.41) is 6.32. The molecule has 0 unspecified atom stereocenters. The van der Waals surface area contributed by atoms with Crippen molar-refractivity contribution in [3.05, 3.63) is 53.9 Å². The van der Waals surface area contributed by atoms with E-state index in [9.17, 15) is 4.79 Å². The maximum absolute atomic E-state index is 11.5. The number of likely N-dealkylation sites (tertiary alicyclic amines) is 1. The second-order valence-electron chi connectivity index (χ2n) is 7.19. The Kier molecular flexibility index (Phi) is 7.84. The molecule has 1 fully saturated rings. The zero-order valence-corrected chi connectivity index (χ0v) is 17.2. The summed E-state index contributed by atoms with van der Waals surface area (Å²) >= 11 is 0. The predicted molar refractivity (Wildman–Crippen MR) is 112 cm³/mol. The van der Waals surface area contributed by atoms with E-state index in [1.807, 2.05) is 36.4 Å². The molecule has 1 aromatic carbocycles. The largest absolute Gasteiger partial charge is 0.497 e. The third-order valence-corrected chi connectivity index (χ3v) is 5.18. The number of nitrogens with one attached hydrogen (secondary N) is 2. The summed E-state index contributed by atoms with van der Waals surface area (Å²) in [5.74, 6) is 1.72. The minimum absolute atomic E-state index is 0.0717. The summed E-state index contributed by atoms with van der Waals surface area (Å²) in [6.07, 6.45) is 3.81. The van der Waals surface area contributed by atoms with Crippen molar-refractivity contribution in [1.82, 2.24) is 20.5 Å². The molecule has 0 aliphatic carbocycles. The first kappa shape index (κ1) is 21.1. The van der Waals surface area contributed by atoms with E-state index in [1.54, 1.807) is 20.4 Å². The molecule has 2 aromatic rings. The van der Waals surface area contributed by atoms with Gasteiger partial charge in [-0.15, -0.1) is 0 Å². The van der Waals surface area contributed by atoms with Gasteiger partial charge in [0.15, 0.2) is 0 Å². The fraction of sp³-hybridized carbons (Fsp3) is 0.455. The van der Waals surface area contributed by atoms with E-state index in [-0.39, 0.29) is 5.91 Å². The number of ether oxygens (including phenoxy) is 2. The number of hydrogen-bond acceptors (Lipinski definition) is 6. The molecule has 7 heteroatoms. The predicted octanol–water partition coefficient (Wildman–Crippen LogP) is 1.97. The van der Waals surface area contributed by atoms with Crippen LogP contribution in [0.4, 0.5) is 0 Å². The summed E-state index contributed by atoms with van der Waals surface area (Å²) in [6, 6.07) is 12.1. The number of pyridine rings is 1. The maximum Gasteiger partial charge on any atom is 0.233 e.